The van der Waals surface area contributed by atoms with Crippen LogP contribution in [0.5, 0.6) is 5.75 Å². The average Bonchev–Trinajstić information content (AvgIpc) is 3.30. The van der Waals surface area contributed by atoms with Crippen molar-refractivity contribution in [2.24, 2.45) is 11.3 Å². The molecular formula is C51H69FO13. The second kappa shape index (κ2) is 28.0. The fourth-order valence-corrected chi connectivity index (χ4v) is 7.58. The fourth-order valence-electron chi connectivity index (χ4n) is 7.58. The molecule has 1 saturated carbocycles. The zero-order valence-corrected chi connectivity index (χ0v) is 39.3. The summed E-state index contributed by atoms with van der Waals surface area (Å²) >= 11 is 0. The maximum absolute atomic E-state index is 16.4. The number of unbranched alkanes of at least 4 members (excludes halogenated alkanes) is 2. The van der Waals surface area contributed by atoms with Crippen molar-refractivity contribution in [3.05, 3.63) is 77.1 Å². The number of hydrogen-bond acceptors (Lipinski definition) is 13. The quantitative estimate of drug-likeness (QED) is 0.0240. The van der Waals surface area contributed by atoms with E-state index in [-0.39, 0.29) is 49.6 Å². The number of halogens is 1. The predicted octanol–water partition coefficient (Wildman–Crippen LogP) is 8.74. The van der Waals surface area contributed by atoms with Crippen LogP contribution in [0.15, 0.2) is 54.6 Å². The summed E-state index contributed by atoms with van der Waals surface area (Å²) in [6.07, 6.45) is 9.88. The average molecular weight is 909 g/mol. The maximum Gasteiger partial charge on any atom is 0.374 e. The Balaban J connectivity index is 2.06. The van der Waals surface area contributed by atoms with E-state index >= 15 is 4.39 Å². The Bertz CT molecular complexity index is 1930. The van der Waals surface area contributed by atoms with E-state index in [2.05, 4.69) is 20.1 Å². The number of carbonyl (C=O) groups is 6. The molecule has 13 nitrogen and oxygen atoms in total. The van der Waals surface area contributed by atoms with Gasteiger partial charge in [-0.3, -0.25) is 9.59 Å². The van der Waals surface area contributed by atoms with Crippen LogP contribution in [0.25, 0.3) is 11.1 Å². The zero-order chi connectivity index (χ0) is 47.9. The highest BCUT2D eigenvalue weighted by atomic mass is 19.1. The SMILES string of the molecule is C=C(C)C(=O)OCCCc1cc(-c2ccc(C3CCC(CCCCC)CC3)cc2F)c(CC)cc1OCC(COC(=O)C(=C)C)(COC(=O)C(=O)CCOC)COC(=O)C(=O)CCOC. The number of rotatable bonds is 30. The van der Waals surface area contributed by atoms with E-state index in [1.54, 1.807) is 19.1 Å². The Morgan fingerprint density at radius 3 is 1.75 bits per heavy atom. The lowest BCUT2D eigenvalue weighted by molar-refractivity contribution is -0.169. The van der Waals surface area contributed by atoms with Crippen molar-refractivity contribution in [2.75, 3.05) is 60.5 Å². The first-order valence-corrected chi connectivity index (χ1v) is 22.7. The number of ketones is 2. The lowest BCUT2D eigenvalue weighted by Crippen LogP contribution is -2.45. The van der Waals surface area contributed by atoms with Gasteiger partial charge in [0.05, 0.1) is 19.8 Å². The Kier molecular flexibility index (Phi) is 23.3. The fraction of sp³-hybridized carbons (Fsp3) is 0.569. The molecule has 1 aliphatic rings. The summed E-state index contributed by atoms with van der Waals surface area (Å²) in [5.74, 6) is -4.60. The number of hydrogen-bond donors (Lipinski definition) is 0. The molecule has 1 aliphatic carbocycles. The van der Waals surface area contributed by atoms with Crippen LogP contribution in [-0.2, 0) is 70.0 Å². The highest BCUT2D eigenvalue weighted by Gasteiger charge is 2.39. The van der Waals surface area contributed by atoms with E-state index in [0.717, 1.165) is 42.7 Å². The number of esters is 4. The van der Waals surface area contributed by atoms with E-state index < -0.39 is 67.3 Å². The molecule has 0 saturated heterocycles. The zero-order valence-electron chi connectivity index (χ0n) is 39.3. The monoisotopic (exact) mass is 908 g/mol. The van der Waals surface area contributed by atoms with Gasteiger partial charge >= 0.3 is 23.9 Å². The van der Waals surface area contributed by atoms with Gasteiger partial charge in [-0.1, -0.05) is 64.8 Å². The summed E-state index contributed by atoms with van der Waals surface area (Å²) in [6.45, 7) is 12.0. The molecule has 2 aromatic carbocycles. The molecule has 0 amide bonds. The van der Waals surface area contributed by atoms with Crippen LogP contribution in [0.2, 0.25) is 0 Å². The minimum atomic E-state index is -1.69. The molecule has 358 valence electrons. The summed E-state index contributed by atoms with van der Waals surface area (Å²) in [7, 11) is 2.73. The van der Waals surface area contributed by atoms with Gasteiger partial charge in [0.15, 0.2) is 0 Å². The largest absolute Gasteiger partial charge is 0.492 e. The van der Waals surface area contributed by atoms with Crippen LogP contribution < -0.4 is 4.74 Å². The molecule has 0 spiro atoms. The van der Waals surface area contributed by atoms with Crippen LogP contribution in [0.3, 0.4) is 0 Å². The molecule has 0 bridgehead atoms. The second-order valence-electron chi connectivity index (χ2n) is 17.1. The Morgan fingerprint density at radius 1 is 0.662 bits per heavy atom. The number of benzene rings is 2. The first-order valence-electron chi connectivity index (χ1n) is 22.7. The van der Waals surface area contributed by atoms with Crippen LogP contribution >= 0.6 is 0 Å². The summed E-state index contributed by atoms with van der Waals surface area (Å²) < 4.78 is 54.5. The molecular weight excluding hydrogens is 840 g/mol. The summed E-state index contributed by atoms with van der Waals surface area (Å²) in [5.41, 5.74) is 1.98. The minimum Gasteiger partial charge on any atom is -0.492 e. The summed E-state index contributed by atoms with van der Waals surface area (Å²) in [4.78, 5) is 75.9. The summed E-state index contributed by atoms with van der Waals surface area (Å²) in [6, 6.07) is 9.10. The molecule has 14 heteroatoms. The van der Waals surface area contributed by atoms with Gasteiger partial charge in [-0.25, -0.2) is 23.6 Å². The van der Waals surface area contributed by atoms with Crippen molar-refractivity contribution in [3.63, 3.8) is 0 Å². The van der Waals surface area contributed by atoms with Crippen LogP contribution in [0.4, 0.5) is 4.39 Å². The van der Waals surface area contributed by atoms with Crippen LogP contribution in [0.1, 0.15) is 121 Å². The van der Waals surface area contributed by atoms with Crippen molar-refractivity contribution in [1.82, 2.24) is 0 Å². The molecule has 3 rings (SSSR count). The van der Waals surface area contributed by atoms with Crippen molar-refractivity contribution >= 4 is 35.4 Å². The number of ether oxygens (including phenoxy) is 7. The van der Waals surface area contributed by atoms with E-state index in [9.17, 15) is 28.8 Å². The topological polar surface area (TPSA) is 167 Å². The van der Waals surface area contributed by atoms with Gasteiger partial charge < -0.3 is 33.2 Å². The first kappa shape index (κ1) is 54.1. The van der Waals surface area contributed by atoms with Crippen LogP contribution in [-0.4, -0.2) is 95.9 Å². The molecule has 2 aromatic rings. The molecule has 1 fully saturated rings. The third kappa shape index (κ3) is 17.6. The van der Waals surface area contributed by atoms with E-state index in [4.69, 9.17) is 33.2 Å². The third-order valence-electron chi connectivity index (χ3n) is 11.6. The number of aryl methyl sites for hydroxylation is 2. The van der Waals surface area contributed by atoms with E-state index in [0.29, 0.717) is 47.6 Å². The lowest BCUT2D eigenvalue weighted by Gasteiger charge is -2.32. The van der Waals surface area contributed by atoms with Gasteiger partial charge in [0.25, 0.3) is 0 Å². The van der Waals surface area contributed by atoms with Crippen molar-refractivity contribution in [2.45, 2.75) is 117 Å². The maximum atomic E-state index is 16.4. The van der Waals surface area contributed by atoms with E-state index in [1.165, 1.54) is 46.8 Å². The Labute approximate surface area is 383 Å². The molecule has 0 atom stereocenters. The van der Waals surface area contributed by atoms with Crippen molar-refractivity contribution < 1.29 is 66.3 Å². The lowest BCUT2D eigenvalue weighted by atomic mass is 9.76. The van der Waals surface area contributed by atoms with E-state index in [1.807, 2.05) is 25.1 Å². The Morgan fingerprint density at radius 2 is 1.23 bits per heavy atom. The van der Waals surface area contributed by atoms with Crippen molar-refractivity contribution in [3.8, 4) is 16.9 Å². The number of methoxy groups -OCH3 is 2. The molecule has 0 radical (unpaired) electrons. The normalized spacial score (nSPS) is 14.8. The van der Waals surface area contributed by atoms with Crippen LogP contribution in [0, 0.1) is 17.2 Å². The molecule has 0 unspecified atom stereocenters. The van der Waals surface area contributed by atoms with Gasteiger partial charge in [-0.2, -0.15) is 0 Å². The third-order valence-corrected chi connectivity index (χ3v) is 11.6. The van der Waals surface area contributed by atoms with Crippen molar-refractivity contribution in [1.29, 1.82) is 0 Å². The van der Waals surface area contributed by atoms with Gasteiger partial charge in [0.2, 0.25) is 11.6 Å². The van der Waals surface area contributed by atoms with Gasteiger partial charge in [-0.15, -0.1) is 0 Å². The molecule has 0 aromatic heterocycles. The summed E-state index contributed by atoms with van der Waals surface area (Å²) in [5, 5.41) is 0. The highest BCUT2D eigenvalue weighted by Crippen LogP contribution is 2.40. The molecule has 0 N–H and O–H groups in total. The van der Waals surface area contributed by atoms with Gasteiger partial charge in [0.1, 0.15) is 43.4 Å². The number of Topliss-reactive ketones (excluding diaryl/α,β-unsaturated/α-hetero) is 2. The smallest absolute Gasteiger partial charge is 0.374 e. The first-order chi connectivity index (χ1) is 31.1. The molecule has 0 heterocycles. The molecule has 65 heavy (non-hydrogen) atoms. The standard InChI is InChI=1S/C51H69FO13/c1-9-11-12-14-36-16-18-38(19-17-36)39-20-21-41(43(52)28-39)42-27-40(15-13-24-61-47(55)34(3)4)46(29-37(42)10-2)62-30-51(31-63-48(56)35(5)6,32-64-49(57)44(53)22-25-59-7)33-65-50(58)45(54)23-26-60-8/h20-21,27-29,36,38H,3,5,9-19,22-26,30-33H2,1-2,4,6-8H3. The minimum absolute atomic E-state index is 0.0425. The predicted molar refractivity (Wildman–Crippen MR) is 243 cm³/mol. The second-order valence-corrected chi connectivity index (χ2v) is 17.1. The molecule has 0 aliphatic heterocycles. The van der Waals surface area contributed by atoms with Gasteiger partial charge in [-0.05, 0) is 111 Å². The highest BCUT2D eigenvalue weighted by molar-refractivity contribution is 6.34. The number of carbonyl (C=O) groups excluding carboxylic acids is 6. The van der Waals surface area contributed by atoms with Gasteiger partial charge in [0, 0.05) is 43.8 Å². The Hall–Kier alpha value is -5.21.